The number of nitrogens with two attached hydrogens (primary N) is 1. The zero-order valence-electron chi connectivity index (χ0n) is 12.5. The van der Waals surface area contributed by atoms with Gasteiger partial charge in [-0.25, -0.2) is 0 Å². The molecule has 1 saturated heterocycles. The van der Waals surface area contributed by atoms with Gasteiger partial charge < -0.3 is 15.2 Å². The van der Waals surface area contributed by atoms with Crippen molar-refractivity contribution in [3.63, 3.8) is 0 Å². The van der Waals surface area contributed by atoms with Gasteiger partial charge in [0, 0.05) is 19.8 Å². The molecule has 0 aliphatic carbocycles. The summed E-state index contributed by atoms with van der Waals surface area (Å²) in [6, 6.07) is 0. The van der Waals surface area contributed by atoms with Crippen LogP contribution in [0.5, 0.6) is 0 Å². The molecule has 4 nitrogen and oxygen atoms in total. The summed E-state index contributed by atoms with van der Waals surface area (Å²) in [7, 11) is 0. The van der Waals surface area contributed by atoms with Crippen LogP contribution in [-0.2, 0) is 14.3 Å². The molecule has 1 unspecified atom stereocenters. The lowest BCUT2D eigenvalue weighted by molar-refractivity contribution is -0.166. The second-order valence-electron chi connectivity index (χ2n) is 5.66. The largest absolute Gasteiger partial charge is 0.462 e. The van der Waals surface area contributed by atoms with Crippen molar-refractivity contribution in [3.8, 4) is 0 Å². The van der Waals surface area contributed by atoms with Crippen molar-refractivity contribution in [1.82, 2.24) is 0 Å². The topological polar surface area (TPSA) is 61.5 Å². The van der Waals surface area contributed by atoms with Crippen LogP contribution >= 0.6 is 0 Å². The van der Waals surface area contributed by atoms with E-state index in [1.807, 2.05) is 6.92 Å². The van der Waals surface area contributed by atoms with Crippen LogP contribution in [0.4, 0.5) is 0 Å². The maximum Gasteiger partial charge on any atom is 0.313 e. The van der Waals surface area contributed by atoms with Crippen LogP contribution in [0, 0.1) is 5.41 Å². The van der Waals surface area contributed by atoms with Crippen molar-refractivity contribution in [3.05, 3.63) is 0 Å². The first kappa shape index (κ1) is 16.4. The fourth-order valence-electron chi connectivity index (χ4n) is 2.48. The van der Waals surface area contributed by atoms with Crippen molar-refractivity contribution < 1.29 is 14.3 Å². The summed E-state index contributed by atoms with van der Waals surface area (Å²) in [5, 5.41) is 0. The Morgan fingerprint density at radius 1 is 1.32 bits per heavy atom. The van der Waals surface area contributed by atoms with Gasteiger partial charge in [0.1, 0.15) is 0 Å². The van der Waals surface area contributed by atoms with Gasteiger partial charge in [-0.2, -0.15) is 0 Å². The van der Waals surface area contributed by atoms with Crippen molar-refractivity contribution in [1.29, 1.82) is 0 Å². The standard InChI is InChI=1S/C15H29NO3/c1-3-4-5-6-7-13(2)19-14(17)15(12-16)8-10-18-11-9-15/h13H,3-12,16H2,1-2H3. The molecule has 4 heteroatoms. The Morgan fingerprint density at radius 3 is 2.58 bits per heavy atom. The summed E-state index contributed by atoms with van der Waals surface area (Å²) in [5.74, 6) is -0.124. The highest BCUT2D eigenvalue weighted by Crippen LogP contribution is 2.31. The van der Waals surface area contributed by atoms with Gasteiger partial charge in [-0.15, -0.1) is 0 Å². The molecule has 0 bridgehead atoms. The number of hydrogen-bond donors (Lipinski definition) is 1. The van der Waals surface area contributed by atoms with Gasteiger partial charge in [-0.3, -0.25) is 4.79 Å². The van der Waals surface area contributed by atoms with E-state index < -0.39 is 5.41 Å². The molecule has 0 aromatic heterocycles. The lowest BCUT2D eigenvalue weighted by Gasteiger charge is -2.34. The minimum atomic E-state index is -0.504. The highest BCUT2D eigenvalue weighted by molar-refractivity contribution is 5.77. The molecule has 1 aliphatic heterocycles. The van der Waals surface area contributed by atoms with Crippen LogP contribution in [0.2, 0.25) is 0 Å². The number of unbranched alkanes of at least 4 members (excludes halogenated alkanes) is 3. The quantitative estimate of drug-likeness (QED) is 0.544. The molecule has 0 spiro atoms. The fourth-order valence-corrected chi connectivity index (χ4v) is 2.48. The van der Waals surface area contributed by atoms with E-state index in [1.54, 1.807) is 0 Å². The molecule has 112 valence electrons. The molecular formula is C15H29NO3. The summed E-state index contributed by atoms with van der Waals surface area (Å²) < 4.78 is 10.9. The summed E-state index contributed by atoms with van der Waals surface area (Å²) in [4.78, 5) is 12.3. The summed E-state index contributed by atoms with van der Waals surface area (Å²) in [6.07, 6.45) is 7.14. The van der Waals surface area contributed by atoms with Gasteiger partial charge in [-0.05, 0) is 32.6 Å². The van der Waals surface area contributed by atoms with Gasteiger partial charge in [0.2, 0.25) is 0 Å². The third-order valence-corrected chi connectivity index (χ3v) is 4.05. The molecule has 0 aromatic carbocycles. The van der Waals surface area contributed by atoms with E-state index in [-0.39, 0.29) is 12.1 Å². The lowest BCUT2D eigenvalue weighted by Crippen LogP contribution is -2.45. The molecule has 0 amide bonds. The minimum Gasteiger partial charge on any atom is -0.462 e. The van der Waals surface area contributed by atoms with E-state index in [1.165, 1.54) is 19.3 Å². The first-order chi connectivity index (χ1) is 9.14. The average molecular weight is 271 g/mol. The summed E-state index contributed by atoms with van der Waals surface area (Å²) in [6.45, 7) is 5.75. The van der Waals surface area contributed by atoms with Crippen LogP contribution in [0.25, 0.3) is 0 Å². The Labute approximate surface area is 117 Å². The van der Waals surface area contributed by atoms with Crippen LogP contribution < -0.4 is 5.73 Å². The minimum absolute atomic E-state index is 0.00405. The molecule has 1 rings (SSSR count). The third kappa shape index (κ3) is 5.11. The van der Waals surface area contributed by atoms with E-state index in [0.29, 0.717) is 32.6 Å². The molecular weight excluding hydrogens is 242 g/mol. The number of hydrogen-bond acceptors (Lipinski definition) is 4. The molecule has 2 N–H and O–H groups in total. The molecule has 0 aromatic rings. The highest BCUT2D eigenvalue weighted by atomic mass is 16.5. The molecule has 1 heterocycles. The summed E-state index contributed by atoms with van der Waals surface area (Å²) in [5.41, 5.74) is 5.29. The maximum absolute atomic E-state index is 12.3. The fraction of sp³-hybridized carbons (Fsp3) is 0.933. The van der Waals surface area contributed by atoms with Crippen LogP contribution in [0.1, 0.15) is 58.8 Å². The second-order valence-corrected chi connectivity index (χ2v) is 5.66. The van der Waals surface area contributed by atoms with Gasteiger partial charge in [-0.1, -0.05) is 26.2 Å². The molecule has 19 heavy (non-hydrogen) atoms. The Bertz CT molecular complexity index is 262. The zero-order chi connectivity index (χ0) is 14.1. The van der Waals surface area contributed by atoms with E-state index in [2.05, 4.69) is 6.92 Å². The number of carbonyl (C=O) groups is 1. The van der Waals surface area contributed by atoms with Gasteiger partial charge >= 0.3 is 5.97 Å². The van der Waals surface area contributed by atoms with Crippen molar-refractivity contribution in [2.45, 2.75) is 64.9 Å². The van der Waals surface area contributed by atoms with Crippen LogP contribution in [-0.4, -0.2) is 31.8 Å². The molecule has 1 fully saturated rings. The SMILES string of the molecule is CCCCCCC(C)OC(=O)C1(CN)CCOCC1. The van der Waals surface area contributed by atoms with Crippen LogP contribution in [0.3, 0.4) is 0 Å². The second kappa shape index (κ2) is 8.54. The first-order valence-corrected chi connectivity index (χ1v) is 7.63. The van der Waals surface area contributed by atoms with E-state index in [9.17, 15) is 4.79 Å². The average Bonchev–Trinajstić information content (AvgIpc) is 2.44. The predicted molar refractivity (Wildman–Crippen MR) is 75.9 cm³/mol. The molecule has 1 aliphatic rings. The third-order valence-electron chi connectivity index (χ3n) is 4.05. The predicted octanol–water partition coefficient (Wildman–Crippen LogP) is 2.64. The van der Waals surface area contributed by atoms with Gasteiger partial charge in [0.25, 0.3) is 0 Å². The van der Waals surface area contributed by atoms with E-state index >= 15 is 0 Å². The smallest absolute Gasteiger partial charge is 0.313 e. The van der Waals surface area contributed by atoms with Crippen molar-refractivity contribution >= 4 is 5.97 Å². The van der Waals surface area contributed by atoms with E-state index in [0.717, 1.165) is 12.8 Å². The molecule has 0 saturated carbocycles. The monoisotopic (exact) mass is 271 g/mol. The van der Waals surface area contributed by atoms with Crippen LogP contribution in [0.15, 0.2) is 0 Å². The number of rotatable bonds is 8. The Morgan fingerprint density at radius 2 is 2.00 bits per heavy atom. The number of esters is 1. The lowest BCUT2D eigenvalue weighted by atomic mass is 9.80. The molecule has 1 atom stereocenters. The molecule has 0 radical (unpaired) electrons. The Hall–Kier alpha value is -0.610. The Kier molecular flexibility index (Phi) is 7.39. The number of ether oxygens (including phenoxy) is 2. The Balaban J connectivity index is 2.35. The van der Waals surface area contributed by atoms with Gasteiger partial charge in [0.05, 0.1) is 11.5 Å². The number of carbonyl (C=O) groups excluding carboxylic acids is 1. The zero-order valence-corrected chi connectivity index (χ0v) is 12.5. The van der Waals surface area contributed by atoms with Crippen molar-refractivity contribution in [2.24, 2.45) is 11.1 Å². The summed E-state index contributed by atoms with van der Waals surface area (Å²) >= 11 is 0. The maximum atomic E-state index is 12.3. The first-order valence-electron chi connectivity index (χ1n) is 7.63. The normalized spacial score (nSPS) is 19.9. The van der Waals surface area contributed by atoms with E-state index in [4.69, 9.17) is 15.2 Å². The van der Waals surface area contributed by atoms with Crippen molar-refractivity contribution in [2.75, 3.05) is 19.8 Å². The van der Waals surface area contributed by atoms with Gasteiger partial charge in [0.15, 0.2) is 0 Å². The highest BCUT2D eigenvalue weighted by Gasteiger charge is 2.40.